The van der Waals surface area contributed by atoms with Gasteiger partial charge in [-0.15, -0.1) is 12.4 Å². The van der Waals surface area contributed by atoms with Crippen LogP contribution in [0, 0.1) is 11.8 Å². The van der Waals surface area contributed by atoms with Gasteiger partial charge in [0.15, 0.2) is 11.5 Å². The fourth-order valence-electron chi connectivity index (χ4n) is 4.96. The summed E-state index contributed by atoms with van der Waals surface area (Å²) >= 11 is 0. The first-order valence-electron chi connectivity index (χ1n) is 14.3. The number of nitrogens with two attached hydrogens (primary N) is 1. The standard InChI is InChI=1S/C30H52N2O6.ClH/c1-21(2)23(17-22-13-14-27(36-6)28(18-22)37-16-10-15-35-5)19-25(31)26(33)20-32-29(34)30(3,4)38-24-11-8-7-9-12-24;/h13-14,18,21,23-26,33H,7-12,15-17,19-20,31H2,1-6H3,(H,32,34);1H/t23-,25-,26-;/m0./s1. The van der Waals surface area contributed by atoms with Gasteiger partial charge in [0.1, 0.15) is 5.60 Å². The Bertz CT molecular complexity index is 832. The Labute approximate surface area is 242 Å². The van der Waals surface area contributed by atoms with Crippen molar-refractivity contribution < 1.29 is 28.8 Å². The molecule has 0 bridgehead atoms. The number of nitrogens with one attached hydrogen (secondary N) is 1. The highest BCUT2D eigenvalue weighted by molar-refractivity contribution is 5.85. The molecule has 4 N–H and O–H groups in total. The van der Waals surface area contributed by atoms with Crippen LogP contribution in [0.5, 0.6) is 11.5 Å². The van der Waals surface area contributed by atoms with Crippen molar-refractivity contribution in [3.05, 3.63) is 23.8 Å². The molecular weight excluding hydrogens is 520 g/mol. The summed E-state index contributed by atoms with van der Waals surface area (Å²) in [5.74, 6) is 1.81. The van der Waals surface area contributed by atoms with E-state index in [0.29, 0.717) is 37.1 Å². The van der Waals surface area contributed by atoms with E-state index >= 15 is 0 Å². The summed E-state index contributed by atoms with van der Waals surface area (Å²) in [5, 5.41) is 13.6. The van der Waals surface area contributed by atoms with E-state index in [0.717, 1.165) is 44.1 Å². The van der Waals surface area contributed by atoms with E-state index < -0.39 is 17.7 Å². The van der Waals surface area contributed by atoms with Crippen LogP contribution in [0.15, 0.2) is 18.2 Å². The Morgan fingerprint density at radius 1 is 1.13 bits per heavy atom. The molecule has 1 aromatic rings. The van der Waals surface area contributed by atoms with Gasteiger partial charge in [-0.3, -0.25) is 4.79 Å². The summed E-state index contributed by atoms with van der Waals surface area (Å²) in [6.07, 6.45) is 7.02. The molecule has 1 aromatic carbocycles. The van der Waals surface area contributed by atoms with Gasteiger partial charge < -0.3 is 35.1 Å². The van der Waals surface area contributed by atoms with E-state index in [2.05, 4.69) is 19.2 Å². The average molecular weight is 573 g/mol. The van der Waals surface area contributed by atoms with Gasteiger partial charge in [0, 0.05) is 32.7 Å². The fraction of sp³-hybridized carbons (Fsp3) is 0.767. The van der Waals surface area contributed by atoms with E-state index in [9.17, 15) is 9.90 Å². The highest BCUT2D eigenvalue weighted by Gasteiger charge is 2.33. The second kappa shape index (κ2) is 18.0. The van der Waals surface area contributed by atoms with Crippen LogP contribution >= 0.6 is 12.4 Å². The average Bonchev–Trinajstić information content (AvgIpc) is 2.89. The van der Waals surface area contributed by atoms with Crippen molar-refractivity contribution in [3.8, 4) is 11.5 Å². The molecular formula is C30H53ClN2O6. The van der Waals surface area contributed by atoms with E-state index in [-0.39, 0.29) is 36.9 Å². The van der Waals surface area contributed by atoms with E-state index in [4.69, 9.17) is 24.7 Å². The van der Waals surface area contributed by atoms with Gasteiger partial charge in [0.25, 0.3) is 5.91 Å². The minimum atomic E-state index is -0.940. The van der Waals surface area contributed by atoms with E-state index in [1.54, 1.807) is 28.1 Å². The lowest BCUT2D eigenvalue weighted by atomic mass is 9.83. The van der Waals surface area contributed by atoms with Gasteiger partial charge in [-0.1, -0.05) is 39.2 Å². The molecule has 1 saturated carbocycles. The normalized spacial score (nSPS) is 16.7. The molecule has 0 radical (unpaired) electrons. The van der Waals surface area contributed by atoms with Crippen LogP contribution in [0.1, 0.15) is 78.2 Å². The van der Waals surface area contributed by atoms with E-state index in [1.165, 1.54) is 6.42 Å². The second-order valence-electron chi connectivity index (χ2n) is 11.5. The zero-order valence-electron chi connectivity index (χ0n) is 24.9. The van der Waals surface area contributed by atoms with Crippen LogP contribution in [0.2, 0.25) is 0 Å². The second-order valence-corrected chi connectivity index (χ2v) is 11.5. The summed E-state index contributed by atoms with van der Waals surface area (Å²) in [5.41, 5.74) is 6.62. The van der Waals surface area contributed by atoms with Gasteiger partial charge in [-0.25, -0.2) is 0 Å². The molecule has 226 valence electrons. The van der Waals surface area contributed by atoms with Crippen LogP contribution in [0.25, 0.3) is 0 Å². The number of aliphatic hydroxyl groups is 1. The number of hydrogen-bond donors (Lipinski definition) is 3. The molecule has 2 rings (SSSR count). The number of halogens is 1. The molecule has 0 aliphatic heterocycles. The van der Waals surface area contributed by atoms with Crippen molar-refractivity contribution in [1.82, 2.24) is 5.32 Å². The Hall–Kier alpha value is -1.58. The molecule has 8 nitrogen and oxygen atoms in total. The topological polar surface area (TPSA) is 112 Å². The van der Waals surface area contributed by atoms with Crippen LogP contribution in [-0.4, -0.2) is 68.8 Å². The fourth-order valence-corrected chi connectivity index (χ4v) is 4.96. The number of rotatable bonds is 17. The quantitative estimate of drug-likeness (QED) is 0.233. The number of aliphatic hydroxyl groups excluding tert-OH is 1. The van der Waals surface area contributed by atoms with Crippen LogP contribution in [0.3, 0.4) is 0 Å². The summed E-state index contributed by atoms with van der Waals surface area (Å²) < 4.78 is 22.6. The minimum absolute atomic E-state index is 0. The molecule has 1 aliphatic rings. The molecule has 0 spiro atoms. The SMILES string of the molecule is COCCCOc1cc(C[C@@H](C[C@H](N)[C@@H](O)CNC(=O)C(C)(C)OC2CCCCC2)C(C)C)ccc1OC.Cl. The summed E-state index contributed by atoms with van der Waals surface area (Å²) in [7, 11) is 3.31. The summed E-state index contributed by atoms with van der Waals surface area (Å²) in [6.45, 7) is 9.22. The number of methoxy groups -OCH3 is 2. The Kier molecular flexibility index (Phi) is 16.3. The molecule has 39 heavy (non-hydrogen) atoms. The molecule has 0 aromatic heterocycles. The van der Waals surface area contributed by atoms with Gasteiger partial charge in [0.2, 0.25) is 0 Å². The third-order valence-electron chi connectivity index (χ3n) is 7.52. The van der Waals surface area contributed by atoms with Crippen molar-refractivity contribution in [1.29, 1.82) is 0 Å². The lowest BCUT2D eigenvalue weighted by Crippen LogP contribution is -2.51. The number of carbonyl (C=O) groups is 1. The van der Waals surface area contributed by atoms with E-state index in [1.807, 2.05) is 18.2 Å². The first-order valence-corrected chi connectivity index (χ1v) is 14.3. The van der Waals surface area contributed by atoms with Gasteiger partial charge in [0.05, 0.1) is 25.9 Å². The zero-order chi connectivity index (χ0) is 28.1. The van der Waals surface area contributed by atoms with Gasteiger partial charge >= 0.3 is 0 Å². The zero-order valence-corrected chi connectivity index (χ0v) is 25.7. The smallest absolute Gasteiger partial charge is 0.251 e. The highest BCUT2D eigenvalue weighted by Crippen LogP contribution is 2.31. The van der Waals surface area contributed by atoms with Crippen LogP contribution in [0.4, 0.5) is 0 Å². The first kappa shape index (κ1) is 35.4. The lowest BCUT2D eigenvalue weighted by Gasteiger charge is -2.32. The summed E-state index contributed by atoms with van der Waals surface area (Å²) in [4.78, 5) is 12.8. The van der Waals surface area contributed by atoms with Crippen molar-refractivity contribution in [2.24, 2.45) is 17.6 Å². The molecule has 0 unspecified atom stereocenters. The Morgan fingerprint density at radius 2 is 1.82 bits per heavy atom. The number of benzene rings is 1. The molecule has 0 saturated heterocycles. The maximum atomic E-state index is 12.8. The first-order chi connectivity index (χ1) is 18.1. The third-order valence-corrected chi connectivity index (χ3v) is 7.52. The van der Waals surface area contributed by atoms with Crippen LogP contribution < -0.4 is 20.5 Å². The lowest BCUT2D eigenvalue weighted by molar-refractivity contribution is -0.152. The summed E-state index contributed by atoms with van der Waals surface area (Å²) in [6, 6.07) is 5.54. The predicted octanol–water partition coefficient (Wildman–Crippen LogP) is 4.67. The Balaban J connectivity index is 0.00000760. The minimum Gasteiger partial charge on any atom is -0.493 e. The van der Waals surface area contributed by atoms with Crippen molar-refractivity contribution in [2.45, 2.75) is 103 Å². The number of ether oxygens (including phenoxy) is 4. The number of amides is 1. The molecule has 1 amide bonds. The molecule has 0 heterocycles. The molecule has 1 aliphatic carbocycles. The molecule has 1 fully saturated rings. The van der Waals surface area contributed by atoms with Crippen molar-refractivity contribution in [3.63, 3.8) is 0 Å². The Morgan fingerprint density at radius 3 is 2.44 bits per heavy atom. The maximum absolute atomic E-state index is 12.8. The van der Waals surface area contributed by atoms with Crippen molar-refractivity contribution in [2.75, 3.05) is 34.0 Å². The monoisotopic (exact) mass is 572 g/mol. The predicted molar refractivity (Wildman–Crippen MR) is 158 cm³/mol. The largest absolute Gasteiger partial charge is 0.493 e. The van der Waals surface area contributed by atoms with Crippen LogP contribution in [-0.2, 0) is 20.7 Å². The number of carbonyl (C=O) groups excluding carboxylic acids is 1. The number of hydrogen-bond acceptors (Lipinski definition) is 7. The molecule has 3 atom stereocenters. The van der Waals surface area contributed by atoms with Gasteiger partial charge in [-0.05, 0) is 69.1 Å². The molecule has 9 heteroatoms. The van der Waals surface area contributed by atoms with Crippen molar-refractivity contribution >= 4 is 18.3 Å². The maximum Gasteiger partial charge on any atom is 0.251 e. The highest BCUT2D eigenvalue weighted by atomic mass is 35.5. The van der Waals surface area contributed by atoms with Gasteiger partial charge in [-0.2, -0.15) is 0 Å². The third kappa shape index (κ3) is 12.2.